The normalized spacial score (nSPS) is 13.7. The molecular formula is C31H32O5S. The second-order valence-electron chi connectivity index (χ2n) is 10.1. The van der Waals surface area contributed by atoms with Gasteiger partial charge in [-0.3, -0.25) is 4.55 Å². The van der Waals surface area contributed by atoms with E-state index in [2.05, 4.69) is 31.2 Å². The van der Waals surface area contributed by atoms with Crippen LogP contribution in [0.15, 0.2) is 102 Å². The quantitative estimate of drug-likeness (QED) is 0.219. The van der Waals surface area contributed by atoms with Crippen molar-refractivity contribution in [3.63, 3.8) is 0 Å². The molecule has 0 radical (unpaired) electrons. The van der Waals surface area contributed by atoms with Gasteiger partial charge in [0.25, 0.3) is 10.1 Å². The molecule has 0 fully saturated rings. The van der Waals surface area contributed by atoms with Crippen molar-refractivity contribution in [3.05, 3.63) is 125 Å². The molecule has 4 aromatic carbocycles. The Morgan fingerprint density at radius 3 is 1.81 bits per heavy atom. The third-order valence-electron chi connectivity index (χ3n) is 7.16. The Hall–Kier alpha value is -3.61. The highest BCUT2D eigenvalue weighted by molar-refractivity contribution is 7.85. The van der Waals surface area contributed by atoms with Crippen LogP contribution >= 0.6 is 0 Å². The van der Waals surface area contributed by atoms with Crippen LogP contribution in [0, 0.1) is 0 Å². The first-order valence-electron chi connectivity index (χ1n) is 12.2. The molecule has 2 unspecified atom stereocenters. The van der Waals surface area contributed by atoms with E-state index in [1.807, 2.05) is 56.3 Å². The fourth-order valence-corrected chi connectivity index (χ4v) is 6.06. The summed E-state index contributed by atoms with van der Waals surface area (Å²) in [5.74, 6) is -0.0450. The Labute approximate surface area is 218 Å². The van der Waals surface area contributed by atoms with E-state index in [9.17, 15) is 23.2 Å². The molecule has 0 spiro atoms. The molecule has 0 heterocycles. The third-order valence-corrected chi connectivity index (χ3v) is 8.05. The lowest BCUT2D eigenvalue weighted by atomic mass is 9.71. The van der Waals surface area contributed by atoms with E-state index in [1.165, 1.54) is 17.7 Å². The summed E-state index contributed by atoms with van der Waals surface area (Å²) in [5, 5.41) is 20.5. The smallest absolute Gasteiger partial charge is 0.294 e. The number of phenolic OH excluding ortho intramolecular Hbond substituents is 2. The van der Waals surface area contributed by atoms with Gasteiger partial charge in [0.05, 0.1) is 0 Å². The van der Waals surface area contributed by atoms with Crippen LogP contribution < -0.4 is 0 Å². The van der Waals surface area contributed by atoms with E-state index in [0.29, 0.717) is 5.56 Å². The summed E-state index contributed by atoms with van der Waals surface area (Å²) in [6.07, 6.45) is 0.751. The number of rotatable bonds is 8. The zero-order valence-corrected chi connectivity index (χ0v) is 22.0. The lowest BCUT2D eigenvalue weighted by Gasteiger charge is -2.33. The van der Waals surface area contributed by atoms with Gasteiger partial charge in [-0.2, -0.15) is 8.42 Å². The van der Waals surface area contributed by atoms with Crippen molar-refractivity contribution in [2.45, 2.75) is 49.3 Å². The van der Waals surface area contributed by atoms with Crippen molar-refractivity contribution >= 4 is 10.1 Å². The van der Waals surface area contributed by atoms with Crippen LogP contribution in [-0.4, -0.2) is 23.2 Å². The molecule has 0 bridgehead atoms. The molecule has 192 valence electrons. The summed E-state index contributed by atoms with van der Waals surface area (Å²) in [5.41, 5.74) is 3.42. The van der Waals surface area contributed by atoms with E-state index in [0.717, 1.165) is 29.2 Å². The molecule has 4 rings (SSSR count). The van der Waals surface area contributed by atoms with E-state index >= 15 is 0 Å². The zero-order chi connectivity index (χ0) is 26.8. The van der Waals surface area contributed by atoms with Crippen molar-refractivity contribution in [2.24, 2.45) is 0 Å². The van der Waals surface area contributed by atoms with E-state index in [4.69, 9.17) is 0 Å². The van der Waals surface area contributed by atoms with Gasteiger partial charge >= 0.3 is 0 Å². The molecule has 0 saturated heterocycles. The SMILES string of the molecule is CC(CC(c1ccccc1)c1cc(O)ccc1C(C)(C)c1ccc(O)cc1S(=O)(=O)O)c1ccccc1. The molecular weight excluding hydrogens is 484 g/mol. The molecule has 2 atom stereocenters. The molecule has 0 saturated carbocycles. The molecule has 0 aliphatic carbocycles. The minimum Gasteiger partial charge on any atom is -0.508 e. The minimum atomic E-state index is -4.60. The summed E-state index contributed by atoms with van der Waals surface area (Å²) in [4.78, 5) is -0.342. The Morgan fingerprint density at radius 2 is 1.24 bits per heavy atom. The molecule has 6 heteroatoms. The topological polar surface area (TPSA) is 94.8 Å². The van der Waals surface area contributed by atoms with Crippen LogP contribution in [0.3, 0.4) is 0 Å². The largest absolute Gasteiger partial charge is 0.508 e. The van der Waals surface area contributed by atoms with Crippen molar-refractivity contribution < 1.29 is 23.2 Å². The fraction of sp³-hybridized carbons (Fsp3) is 0.226. The van der Waals surface area contributed by atoms with Gasteiger partial charge in [0.1, 0.15) is 16.4 Å². The maximum absolute atomic E-state index is 12.3. The predicted octanol–water partition coefficient (Wildman–Crippen LogP) is 7.00. The van der Waals surface area contributed by atoms with Gasteiger partial charge < -0.3 is 10.2 Å². The van der Waals surface area contributed by atoms with Crippen LogP contribution in [0.25, 0.3) is 0 Å². The highest BCUT2D eigenvalue weighted by Crippen LogP contribution is 2.45. The highest BCUT2D eigenvalue weighted by Gasteiger charge is 2.34. The number of hydrogen-bond acceptors (Lipinski definition) is 4. The zero-order valence-electron chi connectivity index (χ0n) is 21.2. The maximum Gasteiger partial charge on any atom is 0.294 e. The van der Waals surface area contributed by atoms with Gasteiger partial charge in [0.2, 0.25) is 0 Å². The van der Waals surface area contributed by atoms with Crippen molar-refractivity contribution in [1.29, 1.82) is 0 Å². The van der Waals surface area contributed by atoms with Crippen molar-refractivity contribution in [2.75, 3.05) is 0 Å². The Morgan fingerprint density at radius 1 is 0.730 bits per heavy atom. The molecule has 0 amide bonds. The molecule has 0 aromatic heterocycles. The van der Waals surface area contributed by atoms with Gasteiger partial charge in [-0.05, 0) is 58.4 Å². The third kappa shape index (κ3) is 5.71. The number of phenols is 2. The van der Waals surface area contributed by atoms with Gasteiger partial charge in [-0.25, -0.2) is 0 Å². The molecule has 4 aromatic rings. The summed E-state index contributed by atoms with van der Waals surface area (Å²) >= 11 is 0. The Kier molecular flexibility index (Phi) is 7.44. The lowest BCUT2D eigenvalue weighted by Crippen LogP contribution is -2.25. The lowest BCUT2D eigenvalue weighted by molar-refractivity contribution is 0.460. The van der Waals surface area contributed by atoms with E-state index < -0.39 is 15.5 Å². The van der Waals surface area contributed by atoms with Gasteiger partial charge in [0.15, 0.2) is 0 Å². The monoisotopic (exact) mass is 516 g/mol. The molecule has 37 heavy (non-hydrogen) atoms. The Bertz CT molecular complexity index is 1480. The maximum atomic E-state index is 12.3. The molecule has 0 aliphatic rings. The van der Waals surface area contributed by atoms with Gasteiger partial charge in [-0.15, -0.1) is 0 Å². The molecule has 5 nitrogen and oxygen atoms in total. The van der Waals surface area contributed by atoms with Crippen LogP contribution in [0.5, 0.6) is 11.5 Å². The van der Waals surface area contributed by atoms with Crippen LogP contribution in [0.2, 0.25) is 0 Å². The minimum absolute atomic E-state index is 0.107. The second kappa shape index (κ2) is 10.4. The summed E-state index contributed by atoms with van der Waals surface area (Å²) in [6.45, 7) is 5.94. The van der Waals surface area contributed by atoms with Crippen molar-refractivity contribution in [1.82, 2.24) is 0 Å². The summed E-state index contributed by atoms with van der Waals surface area (Å²) in [7, 11) is -4.60. The fourth-order valence-electron chi connectivity index (χ4n) is 5.19. The summed E-state index contributed by atoms with van der Waals surface area (Å²) < 4.78 is 34.5. The number of benzene rings is 4. The molecule has 0 aliphatic heterocycles. The number of aromatic hydroxyl groups is 2. The first-order chi connectivity index (χ1) is 17.5. The van der Waals surface area contributed by atoms with Gasteiger partial charge in [-0.1, -0.05) is 93.6 Å². The van der Waals surface area contributed by atoms with Gasteiger partial charge in [0, 0.05) is 17.4 Å². The average Bonchev–Trinajstić information content (AvgIpc) is 2.87. The Balaban J connectivity index is 1.91. The van der Waals surface area contributed by atoms with Crippen LogP contribution in [0.4, 0.5) is 0 Å². The van der Waals surface area contributed by atoms with Crippen LogP contribution in [-0.2, 0) is 15.5 Å². The highest BCUT2D eigenvalue weighted by atomic mass is 32.2. The van der Waals surface area contributed by atoms with Crippen molar-refractivity contribution in [3.8, 4) is 11.5 Å². The molecule has 3 N–H and O–H groups in total. The first-order valence-corrected chi connectivity index (χ1v) is 13.7. The number of hydrogen-bond donors (Lipinski definition) is 3. The first kappa shape index (κ1) is 26.5. The second-order valence-corrected chi connectivity index (χ2v) is 11.5. The van der Waals surface area contributed by atoms with E-state index in [1.54, 1.807) is 12.1 Å². The standard InChI is InChI=1S/C31H32O5S/c1-21(22-10-6-4-7-11-22)18-26(23-12-8-5-9-13-23)27-19-24(32)14-16-28(27)31(2,3)29-17-15-25(33)20-30(29)37(34,35)36/h4-17,19-21,26,32-33H,18H2,1-3H3,(H,34,35,36). The van der Waals surface area contributed by atoms with Crippen LogP contribution in [0.1, 0.15) is 66.8 Å². The predicted molar refractivity (Wildman–Crippen MR) is 146 cm³/mol. The average molecular weight is 517 g/mol. The van der Waals surface area contributed by atoms with E-state index in [-0.39, 0.29) is 28.2 Å². The summed E-state index contributed by atoms with van der Waals surface area (Å²) in [6, 6.07) is 29.5.